The van der Waals surface area contributed by atoms with Gasteiger partial charge < -0.3 is 0 Å². The van der Waals surface area contributed by atoms with E-state index in [0.29, 0.717) is 0 Å². The lowest BCUT2D eigenvalue weighted by atomic mass is 10.1. The summed E-state index contributed by atoms with van der Waals surface area (Å²) in [6.45, 7) is 4.15. The molecular formula is C11H9NS. The molecule has 64 valence electrons. The molecule has 0 aliphatic heterocycles. The van der Waals surface area contributed by atoms with Gasteiger partial charge in [-0.3, -0.25) is 0 Å². The fraction of sp³-hybridized carbons (Fsp3) is 0.182. The van der Waals surface area contributed by atoms with Crippen LogP contribution in [0.2, 0.25) is 0 Å². The highest BCUT2D eigenvalue weighted by Gasteiger charge is 2.05. The molecule has 0 radical (unpaired) electrons. The minimum absolute atomic E-state index is 0.790. The summed E-state index contributed by atoms with van der Waals surface area (Å²) in [7, 11) is 0. The van der Waals surface area contributed by atoms with Crippen LogP contribution >= 0.6 is 11.3 Å². The smallest absolute Gasteiger partial charge is 0.101 e. The quantitative estimate of drug-likeness (QED) is 0.620. The van der Waals surface area contributed by atoms with Crippen molar-refractivity contribution < 1.29 is 0 Å². The van der Waals surface area contributed by atoms with Crippen molar-refractivity contribution in [2.75, 3.05) is 0 Å². The summed E-state index contributed by atoms with van der Waals surface area (Å²) in [5.41, 5.74) is 2.04. The molecule has 2 aromatic rings. The van der Waals surface area contributed by atoms with E-state index in [0.717, 1.165) is 10.3 Å². The molecule has 0 unspecified atom stereocenters. The lowest BCUT2D eigenvalue weighted by Crippen LogP contribution is -1.77. The maximum atomic E-state index is 8.89. The summed E-state index contributed by atoms with van der Waals surface area (Å²) in [6.07, 6.45) is 0. The van der Waals surface area contributed by atoms with Gasteiger partial charge in [0.05, 0.1) is 10.3 Å². The molecule has 0 saturated heterocycles. The molecule has 0 amide bonds. The minimum atomic E-state index is 0.790. The number of nitriles is 1. The van der Waals surface area contributed by atoms with Crippen molar-refractivity contribution in [3.05, 3.63) is 34.2 Å². The Morgan fingerprint density at radius 1 is 1.31 bits per heavy atom. The number of benzene rings is 1. The van der Waals surface area contributed by atoms with E-state index in [1.54, 1.807) is 11.3 Å². The molecule has 1 heterocycles. The van der Waals surface area contributed by atoms with Crippen molar-refractivity contribution in [2.24, 2.45) is 0 Å². The molecular weight excluding hydrogens is 178 g/mol. The number of nitrogens with zero attached hydrogens (tertiary/aromatic N) is 1. The molecule has 2 rings (SSSR count). The van der Waals surface area contributed by atoms with Gasteiger partial charge >= 0.3 is 0 Å². The number of thiophene rings is 1. The summed E-state index contributed by atoms with van der Waals surface area (Å²) in [4.78, 5) is 1.26. The van der Waals surface area contributed by atoms with Crippen molar-refractivity contribution >= 4 is 21.4 Å². The first kappa shape index (κ1) is 8.28. The second-order valence-electron chi connectivity index (χ2n) is 3.14. The van der Waals surface area contributed by atoms with E-state index < -0.39 is 0 Å². The Balaban J connectivity index is 2.94. The first-order valence-electron chi connectivity index (χ1n) is 4.12. The van der Waals surface area contributed by atoms with E-state index >= 15 is 0 Å². The van der Waals surface area contributed by atoms with Crippen LogP contribution in [0.15, 0.2) is 18.2 Å². The molecule has 1 aromatic heterocycles. The monoisotopic (exact) mass is 187 g/mol. The third-order valence-electron chi connectivity index (χ3n) is 2.15. The summed E-state index contributed by atoms with van der Waals surface area (Å²) < 4.78 is 1.13. The molecule has 2 heteroatoms. The number of hydrogen-bond donors (Lipinski definition) is 0. The molecule has 1 aromatic carbocycles. The highest BCUT2D eigenvalue weighted by Crippen LogP contribution is 2.30. The topological polar surface area (TPSA) is 23.8 Å². The van der Waals surface area contributed by atoms with E-state index in [4.69, 9.17) is 5.26 Å². The average molecular weight is 187 g/mol. The Bertz CT molecular complexity index is 503. The van der Waals surface area contributed by atoms with Crippen LogP contribution in [0.1, 0.15) is 16.0 Å². The predicted octanol–water partition coefficient (Wildman–Crippen LogP) is 3.39. The van der Waals surface area contributed by atoms with Crippen LogP contribution in [-0.4, -0.2) is 0 Å². The van der Waals surface area contributed by atoms with Crippen LogP contribution in [0.4, 0.5) is 0 Å². The van der Waals surface area contributed by atoms with E-state index in [1.807, 2.05) is 12.1 Å². The Labute approximate surface area is 81.2 Å². The Morgan fingerprint density at radius 3 is 2.77 bits per heavy atom. The van der Waals surface area contributed by atoms with Gasteiger partial charge in [0.1, 0.15) is 6.07 Å². The van der Waals surface area contributed by atoms with Crippen LogP contribution in [0, 0.1) is 25.2 Å². The van der Waals surface area contributed by atoms with E-state index in [9.17, 15) is 0 Å². The van der Waals surface area contributed by atoms with Gasteiger partial charge in [0.25, 0.3) is 0 Å². The van der Waals surface area contributed by atoms with Gasteiger partial charge in [-0.05, 0) is 36.9 Å². The molecule has 1 nitrogen and oxygen atoms in total. The van der Waals surface area contributed by atoms with Crippen molar-refractivity contribution in [3.8, 4) is 6.07 Å². The van der Waals surface area contributed by atoms with Crippen LogP contribution in [0.3, 0.4) is 0 Å². The second kappa shape index (κ2) is 2.86. The number of fused-ring (bicyclic) bond motifs is 1. The van der Waals surface area contributed by atoms with Gasteiger partial charge in [-0.15, -0.1) is 11.3 Å². The van der Waals surface area contributed by atoms with Crippen molar-refractivity contribution in [1.29, 1.82) is 5.26 Å². The number of rotatable bonds is 0. The highest BCUT2D eigenvalue weighted by molar-refractivity contribution is 7.19. The second-order valence-corrected chi connectivity index (χ2v) is 4.40. The maximum Gasteiger partial charge on any atom is 0.101 e. The first-order valence-corrected chi connectivity index (χ1v) is 4.94. The standard InChI is InChI=1S/C11H9NS/c1-7-3-4-9(6-12)11-10(7)5-8(2)13-11/h3-5H,1-2H3. The van der Waals surface area contributed by atoms with Gasteiger partial charge in [-0.2, -0.15) is 5.26 Å². The molecule has 0 atom stereocenters. The summed E-state index contributed by atoms with van der Waals surface area (Å²) in [6, 6.07) is 8.27. The molecule has 0 N–H and O–H groups in total. The number of hydrogen-bond acceptors (Lipinski definition) is 2. The Kier molecular flexibility index (Phi) is 1.82. The zero-order valence-electron chi connectivity index (χ0n) is 7.59. The molecule has 0 saturated carbocycles. The highest BCUT2D eigenvalue weighted by atomic mass is 32.1. The van der Waals surface area contributed by atoms with Crippen molar-refractivity contribution in [3.63, 3.8) is 0 Å². The van der Waals surface area contributed by atoms with Gasteiger partial charge in [0.15, 0.2) is 0 Å². The SMILES string of the molecule is Cc1cc2c(C)ccc(C#N)c2s1. The molecule has 0 fully saturated rings. The van der Waals surface area contributed by atoms with Crippen molar-refractivity contribution in [2.45, 2.75) is 13.8 Å². The molecule has 13 heavy (non-hydrogen) atoms. The first-order chi connectivity index (χ1) is 6.22. The summed E-state index contributed by atoms with van der Waals surface area (Å²) in [5, 5.41) is 10.1. The lowest BCUT2D eigenvalue weighted by Gasteiger charge is -1.95. The average Bonchev–Trinajstić information content (AvgIpc) is 2.48. The van der Waals surface area contributed by atoms with Crippen LogP contribution < -0.4 is 0 Å². The van der Waals surface area contributed by atoms with Crippen LogP contribution in [-0.2, 0) is 0 Å². The third-order valence-corrected chi connectivity index (χ3v) is 3.23. The molecule has 0 aliphatic rings. The summed E-state index contributed by atoms with van der Waals surface area (Å²) >= 11 is 1.69. The van der Waals surface area contributed by atoms with Gasteiger partial charge in [0, 0.05) is 4.88 Å². The fourth-order valence-corrected chi connectivity index (χ4v) is 2.52. The fourth-order valence-electron chi connectivity index (χ4n) is 1.47. The largest absolute Gasteiger partial charge is 0.192 e. The zero-order chi connectivity index (χ0) is 9.42. The van der Waals surface area contributed by atoms with Crippen molar-refractivity contribution in [1.82, 2.24) is 0 Å². The van der Waals surface area contributed by atoms with E-state index in [-0.39, 0.29) is 0 Å². The van der Waals surface area contributed by atoms with Gasteiger partial charge in [-0.25, -0.2) is 0 Å². The number of aryl methyl sites for hydroxylation is 2. The van der Waals surface area contributed by atoms with E-state index in [1.165, 1.54) is 15.8 Å². The molecule has 0 bridgehead atoms. The Hall–Kier alpha value is -1.33. The zero-order valence-corrected chi connectivity index (χ0v) is 8.40. The minimum Gasteiger partial charge on any atom is -0.192 e. The normalized spacial score (nSPS) is 10.2. The Morgan fingerprint density at radius 2 is 2.08 bits per heavy atom. The lowest BCUT2D eigenvalue weighted by molar-refractivity contribution is 1.49. The predicted molar refractivity (Wildman–Crippen MR) is 56.0 cm³/mol. The molecule has 0 spiro atoms. The molecule has 0 aliphatic carbocycles. The summed E-state index contributed by atoms with van der Waals surface area (Å²) in [5.74, 6) is 0. The van der Waals surface area contributed by atoms with E-state index in [2.05, 4.69) is 26.0 Å². The van der Waals surface area contributed by atoms with Crippen LogP contribution in [0.5, 0.6) is 0 Å². The van der Waals surface area contributed by atoms with Gasteiger partial charge in [0.2, 0.25) is 0 Å². The maximum absolute atomic E-state index is 8.89. The van der Waals surface area contributed by atoms with Crippen LogP contribution in [0.25, 0.3) is 10.1 Å². The van der Waals surface area contributed by atoms with Gasteiger partial charge in [-0.1, -0.05) is 6.07 Å². The third kappa shape index (κ3) is 1.22.